The predicted molar refractivity (Wildman–Crippen MR) is 98.4 cm³/mol. The highest BCUT2D eigenvalue weighted by molar-refractivity contribution is 7.91. The Morgan fingerprint density at radius 1 is 1.36 bits per heavy atom. The molecular formula is C18H25N3O3S. The second-order valence-electron chi connectivity index (χ2n) is 7.98. The van der Waals surface area contributed by atoms with Gasteiger partial charge in [0, 0.05) is 36.2 Å². The van der Waals surface area contributed by atoms with Gasteiger partial charge in [0.1, 0.15) is 21.8 Å². The molecule has 1 spiro atoms. The van der Waals surface area contributed by atoms with E-state index in [0.29, 0.717) is 25.9 Å². The van der Waals surface area contributed by atoms with Crippen LogP contribution in [0.4, 0.5) is 4.79 Å². The van der Waals surface area contributed by atoms with Gasteiger partial charge in [-0.05, 0) is 52.7 Å². The summed E-state index contributed by atoms with van der Waals surface area (Å²) in [4.78, 5) is 17.4. The Labute approximate surface area is 151 Å². The van der Waals surface area contributed by atoms with Crippen molar-refractivity contribution in [3.63, 3.8) is 0 Å². The lowest BCUT2D eigenvalue weighted by Gasteiger charge is -2.38. The Morgan fingerprint density at radius 2 is 2.00 bits per heavy atom. The first-order valence-corrected chi connectivity index (χ1v) is 9.69. The molecular weight excluding hydrogens is 338 g/mol. The van der Waals surface area contributed by atoms with E-state index in [1.165, 1.54) is 4.90 Å². The molecule has 1 aliphatic carbocycles. The van der Waals surface area contributed by atoms with Gasteiger partial charge in [0.2, 0.25) is 0 Å². The van der Waals surface area contributed by atoms with Crippen molar-refractivity contribution in [2.45, 2.75) is 51.7 Å². The Bertz CT molecular complexity index is 719. The first kappa shape index (κ1) is 18.2. The number of aromatic nitrogens is 1. The van der Waals surface area contributed by atoms with E-state index in [2.05, 4.69) is 9.38 Å². The molecule has 1 N–H and O–H groups in total. The zero-order chi connectivity index (χ0) is 18.4. The SMILES string of the molecule is Cc1ccc2c(n1)CC1(CCN(C(=O)O)CC1)C2=N[S+]([O-])C(C)(C)C. The van der Waals surface area contributed by atoms with Gasteiger partial charge in [-0.2, -0.15) is 0 Å². The molecule has 0 radical (unpaired) electrons. The van der Waals surface area contributed by atoms with Crippen LogP contribution in [0, 0.1) is 12.3 Å². The van der Waals surface area contributed by atoms with Crippen LogP contribution in [0.1, 0.15) is 50.6 Å². The van der Waals surface area contributed by atoms with Gasteiger partial charge in [0.25, 0.3) is 0 Å². The second-order valence-corrected chi connectivity index (χ2v) is 9.88. The molecule has 1 aliphatic heterocycles. The first-order valence-electron chi connectivity index (χ1n) is 8.58. The summed E-state index contributed by atoms with van der Waals surface area (Å²) in [6, 6.07) is 3.98. The minimum absolute atomic E-state index is 0.254. The molecule has 6 nitrogen and oxygen atoms in total. The lowest BCUT2D eigenvalue weighted by molar-refractivity contribution is 0.114. The average molecular weight is 363 g/mol. The molecule has 1 amide bonds. The molecule has 1 unspecified atom stereocenters. The fourth-order valence-electron chi connectivity index (χ4n) is 3.56. The van der Waals surface area contributed by atoms with Crippen molar-refractivity contribution in [3.05, 3.63) is 29.1 Å². The molecule has 7 heteroatoms. The second kappa shape index (κ2) is 6.29. The minimum Gasteiger partial charge on any atom is -0.591 e. The number of carboxylic acid groups (broad SMARTS) is 1. The summed E-state index contributed by atoms with van der Waals surface area (Å²) in [5.74, 6) is 0. The van der Waals surface area contributed by atoms with Crippen molar-refractivity contribution in [2.75, 3.05) is 13.1 Å². The molecule has 3 rings (SSSR count). The maximum absolute atomic E-state index is 12.7. The van der Waals surface area contributed by atoms with Gasteiger partial charge in [0.05, 0.1) is 5.69 Å². The largest absolute Gasteiger partial charge is 0.591 e. The molecule has 1 atom stereocenters. The van der Waals surface area contributed by atoms with Crippen LogP contribution in [0.5, 0.6) is 0 Å². The highest BCUT2D eigenvalue weighted by Crippen LogP contribution is 2.45. The first-order chi connectivity index (χ1) is 11.6. The summed E-state index contributed by atoms with van der Waals surface area (Å²) >= 11 is -1.35. The fraction of sp³-hybridized carbons (Fsp3) is 0.611. The highest BCUT2D eigenvalue weighted by Gasteiger charge is 2.48. The van der Waals surface area contributed by atoms with Crippen molar-refractivity contribution in [3.8, 4) is 0 Å². The minimum atomic E-state index is -1.35. The fourth-order valence-corrected chi connectivity index (χ4v) is 4.29. The van der Waals surface area contributed by atoms with E-state index in [0.717, 1.165) is 29.1 Å². The summed E-state index contributed by atoms with van der Waals surface area (Å²) in [7, 11) is 0. The third kappa shape index (κ3) is 3.40. The van der Waals surface area contributed by atoms with E-state index in [-0.39, 0.29) is 5.41 Å². The number of carbonyl (C=O) groups is 1. The number of amides is 1. The van der Waals surface area contributed by atoms with E-state index >= 15 is 0 Å². The van der Waals surface area contributed by atoms with Gasteiger partial charge < -0.3 is 14.6 Å². The summed E-state index contributed by atoms with van der Waals surface area (Å²) in [6.45, 7) is 8.65. The summed E-state index contributed by atoms with van der Waals surface area (Å²) in [5, 5.41) is 9.23. The number of rotatable bonds is 1. The maximum Gasteiger partial charge on any atom is 0.407 e. The third-order valence-corrected chi connectivity index (χ3v) is 6.46. The third-order valence-electron chi connectivity index (χ3n) is 5.07. The maximum atomic E-state index is 12.7. The topological polar surface area (TPSA) is 88.9 Å². The van der Waals surface area contributed by atoms with Crippen LogP contribution in [0.2, 0.25) is 0 Å². The Morgan fingerprint density at radius 3 is 2.56 bits per heavy atom. The number of hydrogen-bond donors (Lipinski definition) is 1. The van der Waals surface area contributed by atoms with Gasteiger partial charge >= 0.3 is 6.09 Å². The quantitative estimate of drug-likeness (QED) is 0.777. The number of aryl methyl sites for hydroxylation is 1. The molecule has 0 saturated carbocycles. The number of pyridine rings is 1. The Kier molecular flexibility index (Phi) is 4.58. The zero-order valence-electron chi connectivity index (χ0n) is 15.2. The summed E-state index contributed by atoms with van der Waals surface area (Å²) < 4.78 is 16.9. The number of likely N-dealkylation sites (tertiary alicyclic amines) is 1. The predicted octanol–water partition coefficient (Wildman–Crippen LogP) is 2.96. The average Bonchev–Trinajstić information content (AvgIpc) is 2.79. The summed E-state index contributed by atoms with van der Waals surface area (Å²) in [6.07, 6.45) is 1.25. The number of piperidine rings is 1. The molecule has 25 heavy (non-hydrogen) atoms. The van der Waals surface area contributed by atoms with Crippen LogP contribution in [0.3, 0.4) is 0 Å². The van der Waals surface area contributed by atoms with Crippen molar-refractivity contribution in [1.82, 2.24) is 9.88 Å². The van der Waals surface area contributed by atoms with Crippen molar-refractivity contribution >= 4 is 23.2 Å². The highest BCUT2D eigenvalue weighted by atomic mass is 32.2. The molecule has 2 heterocycles. The Hall–Kier alpha value is -1.60. The van der Waals surface area contributed by atoms with Gasteiger partial charge in [-0.1, -0.05) is 4.40 Å². The number of nitrogens with zero attached hydrogens (tertiary/aromatic N) is 3. The van der Waals surface area contributed by atoms with Crippen LogP contribution >= 0.6 is 0 Å². The monoisotopic (exact) mass is 363 g/mol. The van der Waals surface area contributed by atoms with E-state index in [1.54, 1.807) is 0 Å². The van der Waals surface area contributed by atoms with E-state index in [4.69, 9.17) is 0 Å². The molecule has 1 saturated heterocycles. The molecule has 0 bridgehead atoms. The molecule has 2 aliphatic rings. The molecule has 136 valence electrons. The van der Waals surface area contributed by atoms with Gasteiger partial charge in [-0.25, -0.2) is 4.79 Å². The zero-order valence-corrected chi connectivity index (χ0v) is 16.0. The summed E-state index contributed by atoms with van der Waals surface area (Å²) in [5.41, 5.74) is 3.53. The van der Waals surface area contributed by atoms with Crippen molar-refractivity contribution < 1.29 is 14.5 Å². The standard InChI is InChI=1S/C18H25N3O3S/c1-12-5-6-13-14(19-12)11-18(7-9-21(10-8-18)16(22)23)15(13)20-25(24)17(2,3)4/h5-6H,7-11H2,1-4H3,(H,22,23). The van der Waals surface area contributed by atoms with E-state index in [1.807, 2.05) is 39.8 Å². The molecule has 0 aromatic carbocycles. The van der Waals surface area contributed by atoms with Crippen LogP contribution in [0.15, 0.2) is 16.5 Å². The van der Waals surface area contributed by atoms with Crippen LogP contribution in [0.25, 0.3) is 0 Å². The van der Waals surface area contributed by atoms with E-state index < -0.39 is 22.2 Å². The van der Waals surface area contributed by atoms with Crippen molar-refractivity contribution in [1.29, 1.82) is 0 Å². The van der Waals surface area contributed by atoms with Crippen LogP contribution in [-0.2, 0) is 17.8 Å². The van der Waals surface area contributed by atoms with Crippen LogP contribution in [-0.4, -0.2) is 49.2 Å². The van der Waals surface area contributed by atoms with Crippen LogP contribution < -0.4 is 0 Å². The number of hydrogen-bond acceptors (Lipinski definition) is 4. The van der Waals surface area contributed by atoms with Gasteiger partial charge in [-0.15, -0.1) is 0 Å². The van der Waals surface area contributed by atoms with Crippen molar-refractivity contribution in [2.24, 2.45) is 9.81 Å². The molecule has 1 aromatic rings. The Balaban J connectivity index is 2.01. The van der Waals surface area contributed by atoms with Gasteiger partial charge in [0.15, 0.2) is 0 Å². The lowest BCUT2D eigenvalue weighted by Crippen LogP contribution is -2.45. The normalized spacial score (nSPS) is 22.3. The number of fused-ring (bicyclic) bond motifs is 1. The molecule has 1 aromatic heterocycles. The smallest absolute Gasteiger partial charge is 0.407 e. The lowest BCUT2D eigenvalue weighted by atomic mass is 9.75. The van der Waals surface area contributed by atoms with E-state index in [9.17, 15) is 14.5 Å². The molecule has 1 fully saturated rings. The van der Waals surface area contributed by atoms with Gasteiger partial charge in [-0.3, -0.25) is 4.98 Å².